The molecular formula is C15H24N4O2. The Balaban J connectivity index is 1.74. The van der Waals surface area contributed by atoms with E-state index >= 15 is 0 Å². The predicted molar refractivity (Wildman–Crippen MR) is 80.0 cm³/mol. The van der Waals surface area contributed by atoms with E-state index in [0.717, 1.165) is 44.6 Å². The van der Waals surface area contributed by atoms with Gasteiger partial charge in [-0.25, -0.2) is 0 Å². The molecule has 0 spiro atoms. The van der Waals surface area contributed by atoms with Crippen molar-refractivity contribution in [3.63, 3.8) is 0 Å². The molecule has 21 heavy (non-hydrogen) atoms. The quantitative estimate of drug-likeness (QED) is 0.899. The Morgan fingerprint density at radius 2 is 1.95 bits per heavy atom. The summed E-state index contributed by atoms with van der Waals surface area (Å²) in [5, 5.41) is 3.09. The molecule has 1 amide bonds. The van der Waals surface area contributed by atoms with Gasteiger partial charge in [-0.05, 0) is 45.2 Å². The van der Waals surface area contributed by atoms with Crippen LogP contribution in [0.4, 0.5) is 0 Å². The number of carbonyl (C=O) groups is 1. The SMILES string of the molecule is Cn1[nH]c(C2CCCCN2C(=O)CN2CCCC2)cc1=O. The average molecular weight is 292 g/mol. The largest absolute Gasteiger partial charge is 0.333 e. The van der Waals surface area contributed by atoms with E-state index in [0.29, 0.717) is 6.54 Å². The topological polar surface area (TPSA) is 61.3 Å². The van der Waals surface area contributed by atoms with Crippen LogP contribution in [0.5, 0.6) is 0 Å². The molecule has 2 aliphatic heterocycles. The monoisotopic (exact) mass is 292 g/mol. The Morgan fingerprint density at radius 1 is 1.24 bits per heavy atom. The van der Waals surface area contributed by atoms with Crippen LogP contribution in [-0.4, -0.2) is 51.7 Å². The van der Waals surface area contributed by atoms with Crippen molar-refractivity contribution in [2.75, 3.05) is 26.2 Å². The molecule has 0 bridgehead atoms. The number of piperidine rings is 1. The predicted octanol–water partition coefficient (Wildman–Crippen LogP) is 0.863. The minimum atomic E-state index is -0.0393. The third-order valence-electron chi connectivity index (χ3n) is 4.65. The van der Waals surface area contributed by atoms with Crippen molar-refractivity contribution in [1.82, 2.24) is 19.6 Å². The maximum absolute atomic E-state index is 12.6. The van der Waals surface area contributed by atoms with E-state index in [1.807, 2.05) is 4.90 Å². The van der Waals surface area contributed by atoms with Gasteiger partial charge in [0.15, 0.2) is 0 Å². The molecule has 0 aromatic carbocycles. The van der Waals surface area contributed by atoms with Gasteiger partial charge in [0.05, 0.1) is 18.3 Å². The number of aromatic nitrogens is 2. The molecule has 6 nitrogen and oxygen atoms in total. The first kappa shape index (κ1) is 14.4. The molecule has 1 atom stereocenters. The number of aryl methyl sites for hydroxylation is 1. The number of rotatable bonds is 3. The normalized spacial score (nSPS) is 23.7. The summed E-state index contributed by atoms with van der Waals surface area (Å²) in [7, 11) is 1.71. The summed E-state index contributed by atoms with van der Waals surface area (Å²) in [5.41, 5.74) is 0.833. The lowest BCUT2D eigenvalue weighted by atomic mass is 9.99. The van der Waals surface area contributed by atoms with E-state index in [4.69, 9.17) is 0 Å². The average Bonchev–Trinajstić information content (AvgIpc) is 3.10. The van der Waals surface area contributed by atoms with Gasteiger partial charge in [0.2, 0.25) is 5.91 Å². The summed E-state index contributed by atoms with van der Waals surface area (Å²) in [4.78, 5) is 28.5. The summed E-state index contributed by atoms with van der Waals surface area (Å²) in [6.45, 7) is 3.39. The highest BCUT2D eigenvalue weighted by atomic mass is 16.2. The zero-order valence-electron chi connectivity index (χ0n) is 12.7. The molecule has 0 radical (unpaired) electrons. The van der Waals surface area contributed by atoms with Crippen LogP contribution in [-0.2, 0) is 11.8 Å². The molecule has 0 saturated carbocycles. The highest BCUT2D eigenvalue weighted by Crippen LogP contribution is 2.29. The number of nitrogens with zero attached hydrogens (tertiary/aromatic N) is 3. The van der Waals surface area contributed by atoms with Crippen molar-refractivity contribution in [2.45, 2.75) is 38.1 Å². The summed E-state index contributed by atoms with van der Waals surface area (Å²) >= 11 is 0. The molecule has 1 aromatic rings. The number of aromatic amines is 1. The smallest absolute Gasteiger partial charge is 0.266 e. The third kappa shape index (κ3) is 3.05. The number of H-pyrrole nitrogens is 1. The second-order valence-electron chi connectivity index (χ2n) is 6.19. The van der Waals surface area contributed by atoms with Gasteiger partial charge in [-0.2, -0.15) is 0 Å². The second-order valence-corrected chi connectivity index (χ2v) is 6.19. The molecule has 3 heterocycles. The standard InChI is InChI=1S/C15H24N4O2/c1-17-14(20)10-12(16-17)13-6-2-3-9-19(13)15(21)11-18-7-4-5-8-18/h10,13,16H,2-9,11H2,1H3. The lowest BCUT2D eigenvalue weighted by molar-refractivity contribution is -0.136. The molecule has 2 fully saturated rings. The van der Waals surface area contributed by atoms with Crippen molar-refractivity contribution in [3.8, 4) is 0 Å². The molecule has 6 heteroatoms. The van der Waals surface area contributed by atoms with Gasteiger partial charge in [0.25, 0.3) is 5.56 Å². The number of amides is 1. The van der Waals surface area contributed by atoms with Crippen LogP contribution in [0.25, 0.3) is 0 Å². The van der Waals surface area contributed by atoms with Gasteiger partial charge in [0, 0.05) is 19.7 Å². The maximum Gasteiger partial charge on any atom is 0.266 e. The molecular weight excluding hydrogens is 268 g/mol. The minimum absolute atomic E-state index is 0.0303. The number of likely N-dealkylation sites (tertiary alicyclic amines) is 2. The van der Waals surface area contributed by atoms with Gasteiger partial charge in [-0.3, -0.25) is 24.3 Å². The van der Waals surface area contributed by atoms with Crippen LogP contribution in [0.3, 0.4) is 0 Å². The van der Waals surface area contributed by atoms with E-state index in [-0.39, 0.29) is 17.5 Å². The van der Waals surface area contributed by atoms with Gasteiger partial charge in [-0.1, -0.05) is 0 Å². The Bertz CT molecular complexity index is 556. The van der Waals surface area contributed by atoms with E-state index < -0.39 is 0 Å². The van der Waals surface area contributed by atoms with Gasteiger partial charge >= 0.3 is 0 Å². The lowest BCUT2D eigenvalue weighted by Gasteiger charge is -2.36. The van der Waals surface area contributed by atoms with E-state index in [1.54, 1.807) is 13.1 Å². The molecule has 1 N–H and O–H groups in total. The van der Waals surface area contributed by atoms with Gasteiger partial charge in [-0.15, -0.1) is 0 Å². The first-order valence-corrected chi connectivity index (χ1v) is 7.93. The maximum atomic E-state index is 12.6. The summed E-state index contributed by atoms with van der Waals surface area (Å²) in [5.74, 6) is 0.200. The summed E-state index contributed by atoms with van der Waals surface area (Å²) in [6.07, 6.45) is 5.49. The molecule has 1 aromatic heterocycles. The number of carbonyl (C=O) groups excluding carboxylic acids is 1. The first-order valence-electron chi connectivity index (χ1n) is 7.93. The highest BCUT2D eigenvalue weighted by molar-refractivity contribution is 5.78. The van der Waals surface area contributed by atoms with Gasteiger partial charge in [0.1, 0.15) is 0 Å². The molecule has 1 unspecified atom stereocenters. The summed E-state index contributed by atoms with van der Waals surface area (Å²) < 4.78 is 1.48. The second kappa shape index (κ2) is 6.05. The fraction of sp³-hybridized carbons (Fsp3) is 0.733. The van der Waals surface area contributed by atoms with E-state index in [9.17, 15) is 9.59 Å². The minimum Gasteiger partial charge on any atom is -0.333 e. The molecule has 2 aliphatic rings. The number of hydrogen-bond donors (Lipinski definition) is 1. The van der Waals surface area contributed by atoms with Crippen LogP contribution in [0, 0.1) is 0 Å². The van der Waals surface area contributed by atoms with Crippen molar-refractivity contribution < 1.29 is 4.79 Å². The molecule has 0 aliphatic carbocycles. The van der Waals surface area contributed by atoms with Crippen molar-refractivity contribution in [3.05, 3.63) is 22.1 Å². The van der Waals surface area contributed by atoms with Crippen LogP contribution in [0.1, 0.15) is 43.8 Å². The van der Waals surface area contributed by atoms with E-state index in [1.165, 1.54) is 17.5 Å². The zero-order valence-corrected chi connectivity index (χ0v) is 12.7. The molecule has 3 rings (SSSR count). The summed E-state index contributed by atoms with van der Waals surface area (Å²) in [6, 6.07) is 1.66. The first-order chi connectivity index (χ1) is 10.1. The Hall–Kier alpha value is -1.56. The lowest BCUT2D eigenvalue weighted by Crippen LogP contribution is -2.43. The Morgan fingerprint density at radius 3 is 2.62 bits per heavy atom. The van der Waals surface area contributed by atoms with Crippen LogP contribution in [0.2, 0.25) is 0 Å². The zero-order chi connectivity index (χ0) is 14.8. The van der Waals surface area contributed by atoms with E-state index in [2.05, 4.69) is 10.00 Å². The van der Waals surface area contributed by atoms with Crippen molar-refractivity contribution >= 4 is 5.91 Å². The Kier molecular flexibility index (Phi) is 4.14. The molecule has 2 saturated heterocycles. The fourth-order valence-electron chi connectivity index (χ4n) is 3.46. The van der Waals surface area contributed by atoms with Gasteiger partial charge < -0.3 is 4.90 Å². The third-order valence-corrected chi connectivity index (χ3v) is 4.65. The van der Waals surface area contributed by atoms with Crippen molar-refractivity contribution in [1.29, 1.82) is 0 Å². The Labute approximate surface area is 124 Å². The highest BCUT2D eigenvalue weighted by Gasteiger charge is 2.30. The number of hydrogen-bond acceptors (Lipinski definition) is 3. The number of nitrogens with one attached hydrogen (secondary N) is 1. The van der Waals surface area contributed by atoms with Crippen LogP contribution < -0.4 is 5.56 Å². The van der Waals surface area contributed by atoms with Crippen LogP contribution in [0.15, 0.2) is 10.9 Å². The van der Waals surface area contributed by atoms with Crippen LogP contribution >= 0.6 is 0 Å². The fourth-order valence-corrected chi connectivity index (χ4v) is 3.46. The molecule has 116 valence electrons. The van der Waals surface area contributed by atoms with Crippen molar-refractivity contribution in [2.24, 2.45) is 7.05 Å².